The molecule has 0 atom stereocenters. The molecule has 0 radical (unpaired) electrons. The Labute approximate surface area is 143 Å². The van der Waals surface area contributed by atoms with Crippen molar-refractivity contribution in [3.05, 3.63) is 71.0 Å². The molecule has 1 aromatic heterocycles. The quantitative estimate of drug-likeness (QED) is 0.677. The fourth-order valence-corrected chi connectivity index (χ4v) is 2.82. The summed E-state index contributed by atoms with van der Waals surface area (Å²) in [6, 6.07) is 10.6. The molecule has 2 heterocycles. The van der Waals surface area contributed by atoms with Gasteiger partial charge in [-0.05, 0) is 55.1 Å². The van der Waals surface area contributed by atoms with Crippen LogP contribution in [0.5, 0.6) is 0 Å². The number of rotatable bonds is 4. The van der Waals surface area contributed by atoms with E-state index < -0.39 is 0 Å². The van der Waals surface area contributed by atoms with Crippen molar-refractivity contribution in [3.8, 4) is 0 Å². The minimum Gasteiger partial charge on any atom is -0.465 e. The lowest BCUT2D eigenvalue weighted by atomic mass is 10.1. The molecule has 1 aromatic carbocycles. The van der Waals surface area contributed by atoms with Crippen LogP contribution in [0, 0.1) is 0 Å². The zero-order chi connectivity index (χ0) is 16.9. The highest BCUT2D eigenvalue weighted by Crippen LogP contribution is 2.26. The van der Waals surface area contributed by atoms with Crippen LogP contribution < -0.4 is 5.32 Å². The van der Waals surface area contributed by atoms with Gasteiger partial charge in [0.15, 0.2) is 11.0 Å². The summed E-state index contributed by atoms with van der Waals surface area (Å²) in [4.78, 5) is 28.3. The van der Waals surface area contributed by atoms with Gasteiger partial charge >= 0.3 is 0 Å². The van der Waals surface area contributed by atoms with E-state index in [1.54, 1.807) is 54.8 Å². The number of amidine groups is 1. The fraction of sp³-hybridized carbons (Fsp3) is 0.0556. The summed E-state index contributed by atoms with van der Waals surface area (Å²) in [6.45, 7) is 1.50. The second kappa shape index (κ2) is 7.14. The van der Waals surface area contributed by atoms with Crippen LogP contribution in [-0.4, -0.2) is 16.9 Å². The molecule has 1 fully saturated rings. The molecule has 0 spiro atoms. The van der Waals surface area contributed by atoms with Crippen molar-refractivity contribution in [2.24, 2.45) is 4.99 Å². The van der Waals surface area contributed by atoms with Crippen molar-refractivity contribution in [2.75, 3.05) is 0 Å². The molecule has 1 saturated heterocycles. The minimum absolute atomic E-state index is 0.0243. The molecule has 5 nitrogen and oxygen atoms in total. The van der Waals surface area contributed by atoms with E-state index in [1.165, 1.54) is 18.7 Å². The minimum atomic E-state index is -0.203. The van der Waals surface area contributed by atoms with E-state index in [0.29, 0.717) is 27.1 Å². The SMILES string of the molecule is CC(=O)c1cccc(N=C2NC(=O)C(=CC=Cc3ccco3)S2)c1. The molecule has 3 rings (SSSR count). The van der Waals surface area contributed by atoms with Crippen LogP contribution in [0.4, 0.5) is 5.69 Å². The van der Waals surface area contributed by atoms with Crippen LogP contribution in [0.15, 0.2) is 69.1 Å². The van der Waals surface area contributed by atoms with Gasteiger partial charge in [0.25, 0.3) is 5.91 Å². The third-order valence-corrected chi connectivity index (χ3v) is 4.11. The lowest BCUT2D eigenvalue weighted by Crippen LogP contribution is -2.19. The molecule has 1 aliphatic rings. The van der Waals surface area contributed by atoms with Gasteiger partial charge in [-0.1, -0.05) is 18.2 Å². The summed E-state index contributed by atoms with van der Waals surface area (Å²) < 4.78 is 5.18. The molecular formula is C18H14N2O3S. The number of hydrogen-bond donors (Lipinski definition) is 1. The Morgan fingerprint density at radius 1 is 1.29 bits per heavy atom. The number of hydrogen-bond acceptors (Lipinski definition) is 5. The number of nitrogens with zero attached hydrogens (tertiary/aromatic N) is 1. The molecule has 6 heteroatoms. The van der Waals surface area contributed by atoms with Crippen LogP contribution >= 0.6 is 11.8 Å². The van der Waals surface area contributed by atoms with E-state index in [2.05, 4.69) is 10.3 Å². The van der Waals surface area contributed by atoms with Crippen molar-refractivity contribution < 1.29 is 14.0 Å². The number of ketones is 1. The highest BCUT2D eigenvalue weighted by molar-refractivity contribution is 8.18. The maximum atomic E-state index is 11.9. The van der Waals surface area contributed by atoms with Crippen LogP contribution in [-0.2, 0) is 4.79 Å². The molecule has 1 amide bonds. The molecule has 0 saturated carbocycles. The average molecular weight is 338 g/mol. The summed E-state index contributed by atoms with van der Waals surface area (Å²) >= 11 is 1.25. The van der Waals surface area contributed by atoms with Gasteiger partial charge in [0.2, 0.25) is 0 Å². The van der Waals surface area contributed by atoms with E-state index in [1.807, 2.05) is 6.07 Å². The topological polar surface area (TPSA) is 71.7 Å². The van der Waals surface area contributed by atoms with Crippen LogP contribution in [0.25, 0.3) is 6.08 Å². The highest BCUT2D eigenvalue weighted by Gasteiger charge is 2.23. The number of aliphatic imine (C=N–C) groups is 1. The summed E-state index contributed by atoms with van der Waals surface area (Å²) in [7, 11) is 0. The Balaban J connectivity index is 1.74. The number of Topliss-reactive ketones (excluding diaryl/α,β-unsaturated/α-hetero) is 1. The predicted molar refractivity (Wildman–Crippen MR) is 95.1 cm³/mol. The van der Waals surface area contributed by atoms with Gasteiger partial charge in [0.1, 0.15) is 5.76 Å². The lowest BCUT2D eigenvalue weighted by molar-refractivity contribution is -0.115. The van der Waals surface area contributed by atoms with Gasteiger partial charge in [-0.3, -0.25) is 9.59 Å². The Morgan fingerprint density at radius 3 is 2.92 bits per heavy atom. The second-order valence-electron chi connectivity index (χ2n) is 4.99. The Hall–Kier alpha value is -2.86. The van der Waals surface area contributed by atoms with Crippen LogP contribution in [0.2, 0.25) is 0 Å². The first-order valence-corrected chi connectivity index (χ1v) is 8.04. The summed E-state index contributed by atoms with van der Waals surface area (Å²) in [5.41, 5.74) is 1.21. The Morgan fingerprint density at radius 2 is 2.17 bits per heavy atom. The number of thioether (sulfide) groups is 1. The van der Waals surface area contributed by atoms with Crippen LogP contribution in [0.1, 0.15) is 23.0 Å². The number of carbonyl (C=O) groups is 2. The molecule has 2 aromatic rings. The first-order chi connectivity index (χ1) is 11.6. The molecule has 1 aliphatic heterocycles. The molecule has 24 heavy (non-hydrogen) atoms. The standard InChI is InChI=1S/C18H14N2O3S/c1-12(21)13-5-2-6-14(11-13)19-18-20-17(22)16(24-18)9-3-7-15-8-4-10-23-15/h2-11H,1H3,(H,19,20,22). The largest absolute Gasteiger partial charge is 0.465 e. The van der Waals surface area contributed by atoms with E-state index in [4.69, 9.17) is 4.42 Å². The molecular weight excluding hydrogens is 324 g/mol. The molecule has 1 N–H and O–H groups in total. The number of allylic oxidation sites excluding steroid dienone is 2. The van der Waals surface area contributed by atoms with Gasteiger partial charge in [0, 0.05) is 5.56 Å². The lowest BCUT2D eigenvalue weighted by Gasteiger charge is -1.99. The van der Waals surface area contributed by atoms with E-state index in [0.717, 1.165) is 0 Å². The van der Waals surface area contributed by atoms with Crippen molar-refractivity contribution in [3.63, 3.8) is 0 Å². The number of nitrogens with one attached hydrogen (secondary N) is 1. The summed E-state index contributed by atoms with van der Waals surface area (Å²) in [5, 5.41) is 3.19. The van der Waals surface area contributed by atoms with Gasteiger partial charge in [-0.2, -0.15) is 0 Å². The number of amides is 1. The van der Waals surface area contributed by atoms with E-state index >= 15 is 0 Å². The maximum Gasteiger partial charge on any atom is 0.264 e. The molecule has 0 aliphatic carbocycles. The number of benzene rings is 1. The fourth-order valence-electron chi connectivity index (χ4n) is 2.02. The smallest absolute Gasteiger partial charge is 0.264 e. The van der Waals surface area contributed by atoms with Gasteiger partial charge < -0.3 is 9.73 Å². The van der Waals surface area contributed by atoms with Gasteiger partial charge in [-0.15, -0.1) is 0 Å². The highest BCUT2D eigenvalue weighted by atomic mass is 32.2. The predicted octanol–water partition coefficient (Wildman–Crippen LogP) is 3.93. The Kier molecular flexibility index (Phi) is 4.77. The molecule has 0 unspecified atom stereocenters. The number of furan rings is 1. The normalized spacial score (nSPS) is 17.8. The third kappa shape index (κ3) is 3.91. The molecule has 120 valence electrons. The maximum absolute atomic E-state index is 11.9. The summed E-state index contributed by atoms with van der Waals surface area (Å²) in [6.07, 6.45) is 6.81. The first-order valence-electron chi connectivity index (χ1n) is 7.22. The van der Waals surface area contributed by atoms with Crippen LogP contribution in [0.3, 0.4) is 0 Å². The number of carbonyl (C=O) groups excluding carboxylic acids is 2. The monoisotopic (exact) mass is 338 g/mol. The van der Waals surface area contributed by atoms with E-state index in [-0.39, 0.29) is 11.7 Å². The van der Waals surface area contributed by atoms with Crippen molar-refractivity contribution >= 4 is 40.4 Å². The summed E-state index contributed by atoms with van der Waals surface area (Å²) in [5.74, 6) is 0.486. The van der Waals surface area contributed by atoms with Gasteiger partial charge in [0.05, 0.1) is 16.9 Å². The first kappa shape index (κ1) is 16.0. The van der Waals surface area contributed by atoms with Crippen molar-refractivity contribution in [1.82, 2.24) is 5.32 Å². The third-order valence-electron chi connectivity index (χ3n) is 3.19. The van der Waals surface area contributed by atoms with Crippen molar-refractivity contribution in [1.29, 1.82) is 0 Å². The Bertz CT molecular complexity index is 864. The molecule has 0 bridgehead atoms. The van der Waals surface area contributed by atoms with Gasteiger partial charge in [-0.25, -0.2) is 4.99 Å². The average Bonchev–Trinajstić information content (AvgIpc) is 3.18. The zero-order valence-corrected chi connectivity index (χ0v) is 13.7. The van der Waals surface area contributed by atoms with E-state index in [9.17, 15) is 9.59 Å². The second-order valence-corrected chi connectivity index (χ2v) is 6.02. The zero-order valence-electron chi connectivity index (χ0n) is 12.9. The van der Waals surface area contributed by atoms with Crippen molar-refractivity contribution in [2.45, 2.75) is 6.92 Å².